The molecule has 1 fully saturated rings. The zero-order valence-electron chi connectivity index (χ0n) is 17.8. The van der Waals surface area contributed by atoms with E-state index in [2.05, 4.69) is 46.3 Å². The van der Waals surface area contributed by atoms with Gasteiger partial charge in [0, 0.05) is 17.2 Å². The molecule has 162 valence electrons. The Hall–Kier alpha value is -2.70. The van der Waals surface area contributed by atoms with E-state index in [0.717, 1.165) is 37.2 Å². The zero-order chi connectivity index (χ0) is 21.8. The Labute approximate surface area is 187 Å². The molecular formula is C24H27ClN4O2. The Bertz CT molecular complexity index is 1020. The van der Waals surface area contributed by atoms with Crippen LogP contribution in [0.5, 0.6) is 0 Å². The van der Waals surface area contributed by atoms with Gasteiger partial charge in [-0.25, -0.2) is 0 Å². The highest BCUT2D eigenvalue weighted by Crippen LogP contribution is 2.26. The fourth-order valence-corrected chi connectivity index (χ4v) is 4.03. The van der Waals surface area contributed by atoms with E-state index in [9.17, 15) is 4.79 Å². The van der Waals surface area contributed by atoms with Crippen molar-refractivity contribution in [1.82, 2.24) is 15.0 Å². The SMILES string of the molecule is CC(C)c1ccc(NC(=O)C2CCN(Cc3nc(-c4ccccc4Cl)no3)CC2)cc1. The summed E-state index contributed by atoms with van der Waals surface area (Å²) in [5.74, 6) is 1.65. The van der Waals surface area contributed by atoms with Gasteiger partial charge in [0.1, 0.15) is 0 Å². The summed E-state index contributed by atoms with van der Waals surface area (Å²) in [4.78, 5) is 19.4. The maximum absolute atomic E-state index is 12.7. The van der Waals surface area contributed by atoms with E-state index in [-0.39, 0.29) is 11.8 Å². The Morgan fingerprint density at radius 2 is 1.87 bits per heavy atom. The van der Waals surface area contributed by atoms with Crippen LogP contribution >= 0.6 is 11.6 Å². The summed E-state index contributed by atoms with van der Waals surface area (Å²) < 4.78 is 5.42. The summed E-state index contributed by atoms with van der Waals surface area (Å²) >= 11 is 6.22. The predicted octanol–water partition coefficient (Wildman–Crippen LogP) is 5.36. The van der Waals surface area contributed by atoms with Crippen LogP contribution in [0.25, 0.3) is 11.4 Å². The van der Waals surface area contributed by atoms with Crippen molar-refractivity contribution in [2.24, 2.45) is 5.92 Å². The first-order chi connectivity index (χ1) is 15.0. The normalized spacial score (nSPS) is 15.4. The standard InChI is InChI=1S/C24H27ClN4O2/c1-16(2)17-7-9-19(10-8-17)26-24(30)18-11-13-29(14-12-18)15-22-27-23(28-31-22)20-5-3-4-6-21(20)25/h3-10,16,18H,11-15H2,1-2H3,(H,26,30). The van der Waals surface area contributed by atoms with Gasteiger partial charge < -0.3 is 9.84 Å². The number of nitrogens with one attached hydrogen (secondary N) is 1. The summed E-state index contributed by atoms with van der Waals surface area (Å²) in [6, 6.07) is 15.6. The quantitative estimate of drug-likeness (QED) is 0.560. The highest BCUT2D eigenvalue weighted by molar-refractivity contribution is 6.33. The average molecular weight is 439 g/mol. The third-order valence-electron chi connectivity index (χ3n) is 5.74. The Kier molecular flexibility index (Phi) is 6.68. The molecule has 1 aromatic heterocycles. The molecular weight excluding hydrogens is 412 g/mol. The van der Waals surface area contributed by atoms with Gasteiger partial charge in [0.25, 0.3) is 0 Å². The van der Waals surface area contributed by atoms with E-state index in [1.807, 2.05) is 30.3 Å². The number of hydrogen-bond donors (Lipinski definition) is 1. The largest absolute Gasteiger partial charge is 0.338 e. The topological polar surface area (TPSA) is 71.3 Å². The molecule has 6 nitrogen and oxygen atoms in total. The molecule has 7 heteroatoms. The van der Waals surface area contributed by atoms with Crippen molar-refractivity contribution in [3.05, 3.63) is 65.0 Å². The molecule has 1 aliphatic rings. The van der Waals surface area contributed by atoms with Crippen molar-refractivity contribution in [1.29, 1.82) is 0 Å². The molecule has 3 aromatic rings. The second-order valence-corrected chi connectivity index (χ2v) is 8.72. The van der Waals surface area contributed by atoms with Gasteiger partial charge in [0.15, 0.2) is 0 Å². The number of carbonyl (C=O) groups excluding carboxylic acids is 1. The van der Waals surface area contributed by atoms with E-state index in [0.29, 0.717) is 29.2 Å². The van der Waals surface area contributed by atoms with E-state index in [1.165, 1.54) is 5.56 Å². The molecule has 1 aliphatic heterocycles. The van der Waals surface area contributed by atoms with Crippen LogP contribution in [-0.2, 0) is 11.3 Å². The van der Waals surface area contributed by atoms with E-state index < -0.39 is 0 Å². The number of nitrogens with zero attached hydrogens (tertiary/aromatic N) is 3. The van der Waals surface area contributed by atoms with Crippen LogP contribution in [0.3, 0.4) is 0 Å². The second-order valence-electron chi connectivity index (χ2n) is 8.31. The van der Waals surface area contributed by atoms with Gasteiger partial charge in [-0.2, -0.15) is 4.98 Å². The number of carbonyl (C=O) groups is 1. The van der Waals surface area contributed by atoms with Crippen molar-refractivity contribution >= 4 is 23.2 Å². The summed E-state index contributed by atoms with van der Waals surface area (Å²) in [6.07, 6.45) is 1.61. The number of amides is 1. The third kappa shape index (κ3) is 5.32. The number of hydrogen-bond acceptors (Lipinski definition) is 5. The lowest BCUT2D eigenvalue weighted by Crippen LogP contribution is -2.37. The predicted molar refractivity (Wildman–Crippen MR) is 122 cm³/mol. The van der Waals surface area contributed by atoms with Crippen molar-refractivity contribution < 1.29 is 9.32 Å². The van der Waals surface area contributed by atoms with Crippen molar-refractivity contribution in [2.45, 2.75) is 39.2 Å². The minimum absolute atomic E-state index is 0.0161. The molecule has 0 saturated carbocycles. The third-order valence-corrected chi connectivity index (χ3v) is 6.07. The van der Waals surface area contributed by atoms with Gasteiger partial charge in [-0.15, -0.1) is 0 Å². The molecule has 0 radical (unpaired) electrons. The van der Waals surface area contributed by atoms with Gasteiger partial charge in [0.2, 0.25) is 17.6 Å². The summed E-state index contributed by atoms with van der Waals surface area (Å²) in [6.45, 7) is 6.52. The van der Waals surface area contributed by atoms with Crippen LogP contribution in [0.1, 0.15) is 44.1 Å². The van der Waals surface area contributed by atoms with Crippen molar-refractivity contribution in [3.63, 3.8) is 0 Å². The minimum Gasteiger partial charge on any atom is -0.338 e. The fraction of sp³-hybridized carbons (Fsp3) is 0.375. The highest BCUT2D eigenvalue weighted by atomic mass is 35.5. The Morgan fingerprint density at radius 1 is 1.16 bits per heavy atom. The fourth-order valence-electron chi connectivity index (χ4n) is 3.81. The summed E-state index contributed by atoms with van der Waals surface area (Å²) in [5.41, 5.74) is 2.88. The smallest absolute Gasteiger partial charge is 0.241 e. The molecule has 0 bridgehead atoms. The Morgan fingerprint density at radius 3 is 2.55 bits per heavy atom. The lowest BCUT2D eigenvalue weighted by Gasteiger charge is -2.30. The van der Waals surface area contributed by atoms with Crippen LogP contribution in [-0.4, -0.2) is 34.0 Å². The van der Waals surface area contributed by atoms with E-state index in [1.54, 1.807) is 6.07 Å². The molecule has 1 amide bonds. The van der Waals surface area contributed by atoms with Crippen molar-refractivity contribution in [2.75, 3.05) is 18.4 Å². The van der Waals surface area contributed by atoms with E-state index >= 15 is 0 Å². The van der Waals surface area contributed by atoms with Crippen LogP contribution in [0, 0.1) is 5.92 Å². The first-order valence-corrected chi connectivity index (χ1v) is 11.1. The zero-order valence-corrected chi connectivity index (χ0v) is 18.6. The second kappa shape index (κ2) is 9.62. The van der Waals surface area contributed by atoms with Gasteiger partial charge in [0.05, 0.1) is 11.6 Å². The summed E-state index contributed by atoms with van der Waals surface area (Å²) in [7, 11) is 0. The highest BCUT2D eigenvalue weighted by Gasteiger charge is 2.26. The van der Waals surface area contributed by atoms with Gasteiger partial charge in [-0.05, 0) is 61.7 Å². The molecule has 2 heterocycles. The van der Waals surface area contributed by atoms with Crippen LogP contribution < -0.4 is 5.32 Å². The monoisotopic (exact) mass is 438 g/mol. The molecule has 1 saturated heterocycles. The van der Waals surface area contributed by atoms with Gasteiger partial charge in [-0.3, -0.25) is 9.69 Å². The van der Waals surface area contributed by atoms with Crippen LogP contribution in [0.15, 0.2) is 53.1 Å². The maximum Gasteiger partial charge on any atom is 0.241 e. The lowest BCUT2D eigenvalue weighted by molar-refractivity contribution is -0.121. The number of likely N-dealkylation sites (tertiary alicyclic amines) is 1. The molecule has 0 unspecified atom stereocenters. The molecule has 4 rings (SSSR count). The number of piperidine rings is 1. The lowest BCUT2D eigenvalue weighted by atomic mass is 9.95. The minimum atomic E-state index is 0.0161. The molecule has 2 aromatic carbocycles. The average Bonchev–Trinajstić information content (AvgIpc) is 3.23. The molecule has 0 spiro atoms. The molecule has 0 atom stereocenters. The number of anilines is 1. The maximum atomic E-state index is 12.7. The molecule has 0 aliphatic carbocycles. The number of halogens is 1. The van der Waals surface area contributed by atoms with Crippen molar-refractivity contribution in [3.8, 4) is 11.4 Å². The van der Waals surface area contributed by atoms with Gasteiger partial charge in [-0.1, -0.05) is 54.9 Å². The van der Waals surface area contributed by atoms with E-state index in [4.69, 9.17) is 16.1 Å². The summed E-state index contributed by atoms with van der Waals surface area (Å²) in [5, 5.41) is 7.71. The first-order valence-electron chi connectivity index (χ1n) is 10.7. The van der Waals surface area contributed by atoms with Crippen LogP contribution in [0.4, 0.5) is 5.69 Å². The van der Waals surface area contributed by atoms with Crippen LogP contribution in [0.2, 0.25) is 5.02 Å². The molecule has 1 N–H and O–H groups in total. The molecule has 31 heavy (non-hydrogen) atoms. The first kappa shape index (κ1) is 21.5. The number of aromatic nitrogens is 2. The number of rotatable bonds is 6. The number of benzene rings is 2. The van der Waals surface area contributed by atoms with Gasteiger partial charge >= 0.3 is 0 Å². The Balaban J connectivity index is 1.28.